The molecule has 116 valence electrons. The summed E-state index contributed by atoms with van der Waals surface area (Å²) in [6.45, 7) is 6.12. The maximum absolute atomic E-state index is 11.9. The highest BCUT2D eigenvalue weighted by molar-refractivity contribution is 5.78. The number of aromatic hydroxyl groups is 2. The van der Waals surface area contributed by atoms with Crippen LogP contribution in [0.2, 0.25) is 0 Å². The molecule has 1 aliphatic rings. The second-order valence-corrected chi connectivity index (χ2v) is 5.96. The number of likely N-dealkylation sites (tertiary alicyclic amines) is 1. The van der Waals surface area contributed by atoms with Crippen LogP contribution in [0.3, 0.4) is 0 Å². The van der Waals surface area contributed by atoms with Gasteiger partial charge in [0.15, 0.2) is 11.5 Å². The molecule has 21 heavy (non-hydrogen) atoms. The lowest BCUT2D eigenvalue weighted by Crippen LogP contribution is -2.45. The van der Waals surface area contributed by atoms with Crippen molar-refractivity contribution in [3.63, 3.8) is 0 Å². The molecular weight excluding hydrogens is 268 g/mol. The van der Waals surface area contributed by atoms with Crippen LogP contribution in [0.1, 0.15) is 32.3 Å². The van der Waals surface area contributed by atoms with Crippen molar-refractivity contribution in [3.05, 3.63) is 23.8 Å². The van der Waals surface area contributed by atoms with E-state index in [2.05, 4.69) is 5.32 Å². The first kappa shape index (κ1) is 15.6. The Balaban J connectivity index is 1.78. The molecular formula is C16H24N2O3. The Hall–Kier alpha value is -1.75. The number of carbonyl (C=O) groups excluding carboxylic acids is 1. The van der Waals surface area contributed by atoms with E-state index in [1.807, 2.05) is 18.7 Å². The van der Waals surface area contributed by atoms with E-state index in [1.54, 1.807) is 12.1 Å². The summed E-state index contributed by atoms with van der Waals surface area (Å²) in [6.07, 6.45) is 1.89. The van der Waals surface area contributed by atoms with Crippen LogP contribution in [-0.2, 0) is 11.3 Å². The number of hydrogen-bond donors (Lipinski definition) is 3. The first-order chi connectivity index (χ1) is 9.97. The van der Waals surface area contributed by atoms with Crippen molar-refractivity contribution in [2.24, 2.45) is 5.92 Å². The smallest absolute Gasteiger partial charge is 0.225 e. The van der Waals surface area contributed by atoms with Gasteiger partial charge < -0.3 is 20.4 Å². The zero-order valence-electron chi connectivity index (χ0n) is 12.7. The van der Waals surface area contributed by atoms with Gasteiger partial charge in [-0.1, -0.05) is 19.9 Å². The molecule has 2 rings (SSSR count). The molecule has 1 heterocycles. The lowest BCUT2D eigenvalue weighted by atomic mass is 10.0. The molecule has 0 radical (unpaired) electrons. The van der Waals surface area contributed by atoms with Crippen LogP contribution < -0.4 is 5.32 Å². The minimum atomic E-state index is -0.0979. The summed E-state index contributed by atoms with van der Waals surface area (Å²) in [5.74, 6) is 0.109. The SMILES string of the molecule is CC(C)C(=O)N1CCC(NCc2ccc(O)c(O)c2)CC1. The predicted molar refractivity (Wildman–Crippen MR) is 81.1 cm³/mol. The fourth-order valence-electron chi connectivity index (χ4n) is 2.61. The molecule has 5 nitrogen and oxygen atoms in total. The molecule has 0 saturated carbocycles. The summed E-state index contributed by atoms with van der Waals surface area (Å²) >= 11 is 0. The highest BCUT2D eigenvalue weighted by atomic mass is 16.3. The summed E-state index contributed by atoms with van der Waals surface area (Å²) in [5.41, 5.74) is 0.936. The molecule has 0 aliphatic carbocycles. The number of amides is 1. The van der Waals surface area contributed by atoms with E-state index in [1.165, 1.54) is 6.07 Å². The van der Waals surface area contributed by atoms with Gasteiger partial charge in [-0.15, -0.1) is 0 Å². The maximum Gasteiger partial charge on any atom is 0.225 e. The fourth-order valence-corrected chi connectivity index (χ4v) is 2.61. The molecule has 0 bridgehead atoms. The molecule has 0 aromatic heterocycles. The van der Waals surface area contributed by atoms with Gasteiger partial charge in [0, 0.05) is 31.6 Å². The van der Waals surface area contributed by atoms with E-state index in [0.29, 0.717) is 12.6 Å². The molecule has 1 fully saturated rings. The first-order valence-corrected chi connectivity index (χ1v) is 7.50. The average Bonchev–Trinajstić information content (AvgIpc) is 2.48. The van der Waals surface area contributed by atoms with Crippen LogP contribution in [0.25, 0.3) is 0 Å². The topological polar surface area (TPSA) is 72.8 Å². The highest BCUT2D eigenvalue weighted by Gasteiger charge is 2.23. The number of phenols is 2. The Morgan fingerprint density at radius 2 is 1.95 bits per heavy atom. The molecule has 1 aromatic carbocycles. The quantitative estimate of drug-likeness (QED) is 0.740. The van der Waals surface area contributed by atoms with E-state index in [9.17, 15) is 15.0 Å². The second-order valence-electron chi connectivity index (χ2n) is 5.96. The summed E-state index contributed by atoms with van der Waals surface area (Å²) < 4.78 is 0. The Kier molecular flexibility index (Phi) is 5.07. The van der Waals surface area contributed by atoms with Crippen molar-refractivity contribution in [1.29, 1.82) is 0 Å². The Bertz CT molecular complexity index is 494. The van der Waals surface area contributed by atoms with Crippen molar-refractivity contribution in [1.82, 2.24) is 10.2 Å². The molecule has 1 amide bonds. The van der Waals surface area contributed by atoms with E-state index in [4.69, 9.17) is 0 Å². The van der Waals surface area contributed by atoms with Gasteiger partial charge in [-0.05, 0) is 30.5 Å². The number of piperidine rings is 1. The zero-order chi connectivity index (χ0) is 15.4. The van der Waals surface area contributed by atoms with Crippen molar-refractivity contribution in [3.8, 4) is 11.5 Å². The van der Waals surface area contributed by atoms with Gasteiger partial charge in [0.1, 0.15) is 0 Å². The molecule has 5 heteroatoms. The zero-order valence-corrected chi connectivity index (χ0v) is 12.7. The number of carbonyl (C=O) groups is 1. The van der Waals surface area contributed by atoms with Crippen LogP contribution in [-0.4, -0.2) is 40.2 Å². The molecule has 0 spiro atoms. The van der Waals surface area contributed by atoms with Gasteiger partial charge in [-0.25, -0.2) is 0 Å². The first-order valence-electron chi connectivity index (χ1n) is 7.50. The second kappa shape index (κ2) is 6.80. The van der Waals surface area contributed by atoms with Crippen LogP contribution in [0.5, 0.6) is 11.5 Å². The number of nitrogens with one attached hydrogen (secondary N) is 1. The van der Waals surface area contributed by atoms with Crippen molar-refractivity contribution >= 4 is 5.91 Å². The van der Waals surface area contributed by atoms with Crippen LogP contribution in [0, 0.1) is 5.92 Å². The Morgan fingerprint density at radius 1 is 1.29 bits per heavy atom. The monoisotopic (exact) mass is 292 g/mol. The standard InChI is InChI=1S/C16H24N2O3/c1-11(2)16(21)18-7-5-13(6-8-18)17-10-12-3-4-14(19)15(20)9-12/h3-4,9,11,13,17,19-20H,5-8,10H2,1-2H3. The summed E-state index contributed by atoms with van der Waals surface area (Å²) in [6, 6.07) is 5.24. The molecule has 1 aromatic rings. The lowest BCUT2D eigenvalue weighted by molar-refractivity contribution is -0.135. The number of benzene rings is 1. The minimum absolute atomic E-state index is 0.0643. The van der Waals surface area contributed by atoms with Crippen molar-refractivity contribution in [2.45, 2.75) is 39.3 Å². The van der Waals surface area contributed by atoms with Crippen molar-refractivity contribution in [2.75, 3.05) is 13.1 Å². The average molecular weight is 292 g/mol. The minimum Gasteiger partial charge on any atom is -0.504 e. The Labute approximate surface area is 125 Å². The van der Waals surface area contributed by atoms with Gasteiger partial charge in [-0.2, -0.15) is 0 Å². The number of hydrogen-bond acceptors (Lipinski definition) is 4. The lowest BCUT2D eigenvalue weighted by Gasteiger charge is -2.33. The van der Waals surface area contributed by atoms with Gasteiger partial charge in [0.05, 0.1) is 0 Å². The molecule has 1 aliphatic heterocycles. The van der Waals surface area contributed by atoms with Gasteiger partial charge in [-0.3, -0.25) is 4.79 Å². The van der Waals surface area contributed by atoms with Gasteiger partial charge in [0.25, 0.3) is 0 Å². The third kappa shape index (κ3) is 4.11. The normalized spacial score (nSPS) is 16.4. The third-order valence-corrected chi connectivity index (χ3v) is 3.94. The van der Waals surface area contributed by atoms with Crippen LogP contribution in [0.4, 0.5) is 0 Å². The summed E-state index contributed by atoms with van der Waals surface area (Å²) in [5, 5.41) is 22.2. The van der Waals surface area contributed by atoms with Crippen molar-refractivity contribution < 1.29 is 15.0 Å². The van der Waals surface area contributed by atoms with Gasteiger partial charge in [0.2, 0.25) is 5.91 Å². The predicted octanol–water partition coefficient (Wildman–Crippen LogP) is 1.83. The number of phenolic OH excluding ortho intramolecular Hbond substituents is 2. The van der Waals surface area contributed by atoms with Crippen LogP contribution in [0.15, 0.2) is 18.2 Å². The number of rotatable bonds is 4. The maximum atomic E-state index is 11.9. The third-order valence-electron chi connectivity index (χ3n) is 3.94. The summed E-state index contributed by atoms with van der Waals surface area (Å²) in [7, 11) is 0. The van der Waals surface area contributed by atoms with E-state index < -0.39 is 0 Å². The largest absolute Gasteiger partial charge is 0.504 e. The highest BCUT2D eigenvalue weighted by Crippen LogP contribution is 2.25. The molecule has 0 unspecified atom stereocenters. The van der Waals surface area contributed by atoms with E-state index >= 15 is 0 Å². The molecule has 3 N–H and O–H groups in total. The van der Waals surface area contributed by atoms with Crippen LogP contribution >= 0.6 is 0 Å². The van der Waals surface area contributed by atoms with Gasteiger partial charge >= 0.3 is 0 Å². The Morgan fingerprint density at radius 3 is 2.52 bits per heavy atom. The molecule has 0 atom stereocenters. The fraction of sp³-hybridized carbons (Fsp3) is 0.562. The van der Waals surface area contributed by atoms with E-state index in [-0.39, 0.29) is 23.3 Å². The summed E-state index contributed by atoms with van der Waals surface area (Å²) in [4.78, 5) is 13.8. The van der Waals surface area contributed by atoms with E-state index in [0.717, 1.165) is 31.5 Å². The molecule has 1 saturated heterocycles. The number of nitrogens with zero attached hydrogens (tertiary/aromatic N) is 1.